The number of ether oxygens (including phenoxy) is 1. The molecule has 1 rings (SSSR count). The summed E-state index contributed by atoms with van der Waals surface area (Å²) in [6.07, 6.45) is 0. The van der Waals surface area contributed by atoms with Gasteiger partial charge in [-0.25, -0.2) is 4.79 Å². The molecule has 0 fully saturated rings. The van der Waals surface area contributed by atoms with E-state index >= 15 is 0 Å². The van der Waals surface area contributed by atoms with Crippen molar-refractivity contribution in [2.75, 3.05) is 0 Å². The van der Waals surface area contributed by atoms with E-state index < -0.39 is 38.4 Å². The van der Waals surface area contributed by atoms with Crippen LogP contribution in [0.4, 0.5) is 11.4 Å². The normalized spacial score (nSPS) is 10.9. The molecule has 0 aliphatic carbocycles. The Morgan fingerprint density at radius 1 is 1.11 bits per heavy atom. The Labute approximate surface area is 108 Å². The van der Waals surface area contributed by atoms with Gasteiger partial charge in [-0.2, -0.15) is 0 Å². The van der Waals surface area contributed by atoms with Crippen molar-refractivity contribution < 1.29 is 19.4 Å². The Balaban J connectivity index is 3.41. The highest BCUT2D eigenvalue weighted by Crippen LogP contribution is 2.29. The molecule has 102 valence electrons. The van der Waals surface area contributed by atoms with Crippen molar-refractivity contribution in [3.8, 4) is 0 Å². The van der Waals surface area contributed by atoms with Crippen molar-refractivity contribution in [2.24, 2.45) is 0 Å². The summed E-state index contributed by atoms with van der Waals surface area (Å²) in [6, 6.07) is 3.18. The van der Waals surface area contributed by atoms with Crippen molar-refractivity contribution in [1.82, 2.24) is 0 Å². The summed E-state index contributed by atoms with van der Waals surface area (Å²) >= 11 is 0. The first kappa shape index (κ1) is 14.6. The Morgan fingerprint density at radius 3 is 1.84 bits per heavy atom. The minimum absolute atomic E-state index is 0.646. The van der Waals surface area contributed by atoms with Gasteiger partial charge in [-0.1, -0.05) is 0 Å². The molecule has 0 spiro atoms. The predicted molar refractivity (Wildman–Crippen MR) is 64.9 cm³/mol. The van der Waals surface area contributed by atoms with Crippen LogP contribution in [0.5, 0.6) is 0 Å². The van der Waals surface area contributed by atoms with Crippen molar-refractivity contribution in [2.45, 2.75) is 26.4 Å². The molecule has 0 aromatic heterocycles. The number of esters is 1. The summed E-state index contributed by atoms with van der Waals surface area (Å²) in [5.74, 6) is -1.09. The zero-order valence-electron chi connectivity index (χ0n) is 10.6. The summed E-state index contributed by atoms with van der Waals surface area (Å²) in [6.45, 7) is 4.68. The lowest BCUT2D eigenvalue weighted by atomic mass is 10.1. The molecule has 0 N–H and O–H groups in total. The summed E-state index contributed by atoms with van der Waals surface area (Å²) in [4.78, 5) is 31.9. The van der Waals surface area contributed by atoms with Gasteiger partial charge in [0.1, 0.15) is 5.60 Å². The third-order valence-electron chi connectivity index (χ3n) is 2.02. The quantitative estimate of drug-likeness (QED) is 0.472. The van der Waals surface area contributed by atoms with Gasteiger partial charge in [0.25, 0.3) is 11.4 Å². The van der Waals surface area contributed by atoms with Gasteiger partial charge in [-0.3, -0.25) is 20.2 Å². The maximum absolute atomic E-state index is 11.9. The van der Waals surface area contributed by atoms with Crippen LogP contribution in [0, 0.1) is 20.2 Å². The maximum Gasteiger partial charge on any atom is 0.352 e. The molecule has 8 heteroatoms. The Bertz CT molecular complexity index is 514. The zero-order valence-corrected chi connectivity index (χ0v) is 10.6. The van der Waals surface area contributed by atoms with E-state index in [9.17, 15) is 25.0 Å². The molecule has 0 amide bonds. The van der Waals surface area contributed by atoms with Gasteiger partial charge in [0, 0.05) is 12.1 Å². The average molecular weight is 268 g/mol. The number of hydrogen-bond acceptors (Lipinski definition) is 6. The molecule has 0 atom stereocenters. The largest absolute Gasteiger partial charge is 0.456 e. The molecular weight excluding hydrogens is 256 g/mol. The van der Waals surface area contributed by atoms with Crippen LogP contribution >= 0.6 is 0 Å². The second kappa shape index (κ2) is 5.01. The lowest BCUT2D eigenvalue weighted by Crippen LogP contribution is -2.25. The number of carbonyl (C=O) groups is 1. The standard InChI is InChI=1S/C11H12N2O6/c1-11(2,3)19-10(14)9-7(12(15)16)5-4-6-8(9)13(17)18/h4-6H,1-3H3. The van der Waals surface area contributed by atoms with Crippen molar-refractivity contribution in [3.05, 3.63) is 44.0 Å². The first-order valence-corrected chi connectivity index (χ1v) is 5.28. The van der Waals surface area contributed by atoms with E-state index in [0.29, 0.717) is 0 Å². The number of benzene rings is 1. The van der Waals surface area contributed by atoms with E-state index in [-0.39, 0.29) is 0 Å². The molecule has 0 aliphatic rings. The van der Waals surface area contributed by atoms with Gasteiger partial charge in [0.15, 0.2) is 0 Å². The van der Waals surface area contributed by atoms with Crippen LogP contribution in [-0.4, -0.2) is 21.4 Å². The lowest BCUT2D eigenvalue weighted by molar-refractivity contribution is -0.394. The minimum atomic E-state index is -1.09. The van der Waals surface area contributed by atoms with E-state index in [4.69, 9.17) is 4.74 Å². The number of nitrogens with zero attached hydrogens (tertiary/aromatic N) is 2. The lowest BCUT2D eigenvalue weighted by Gasteiger charge is -2.19. The van der Waals surface area contributed by atoms with Crippen molar-refractivity contribution in [1.29, 1.82) is 0 Å². The third-order valence-corrected chi connectivity index (χ3v) is 2.02. The highest BCUT2D eigenvalue weighted by atomic mass is 16.6. The van der Waals surface area contributed by atoms with Crippen LogP contribution in [0.2, 0.25) is 0 Å². The zero-order chi connectivity index (χ0) is 14.8. The molecule has 19 heavy (non-hydrogen) atoms. The smallest absolute Gasteiger partial charge is 0.352 e. The molecule has 0 radical (unpaired) electrons. The molecule has 0 unspecified atom stereocenters. The fourth-order valence-corrected chi connectivity index (χ4v) is 1.37. The summed E-state index contributed by atoms with van der Waals surface area (Å²) < 4.78 is 4.96. The minimum Gasteiger partial charge on any atom is -0.456 e. The van der Waals surface area contributed by atoms with Gasteiger partial charge in [0.2, 0.25) is 5.56 Å². The third kappa shape index (κ3) is 3.47. The fraction of sp³-hybridized carbons (Fsp3) is 0.364. The van der Waals surface area contributed by atoms with Crippen LogP contribution in [0.25, 0.3) is 0 Å². The number of rotatable bonds is 3. The van der Waals surface area contributed by atoms with Gasteiger partial charge >= 0.3 is 5.97 Å². The summed E-state index contributed by atoms with van der Waals surface area (Å²) in [5.41, 5.74) is -2.85. The molecule has 0 heterocycles. The van der Waals surface area contributed by atoms with Crippen molar-refractivity contribution in [3.63, 3.8) is 0 Å². The molecule has 1 aromatic carbocycles. The van der Waals surface area contributed by atoms with E-state index in [1.165, 1.54) is 0 Å². The molecule has 0 aliphatic heterocycles. The molecule has 1 aromatic rings. The molecular formula is C11H12N2O6. The molecule has 0 saturated heterocycles. The Kier molecular flexibility index (Phi) is 3.83. The van der Waals surface area contributed by atoms with Gasteiger partial charge in [-0.05, 0) is 26.8 Å². The molecule has 0 bridgehead atoms. The number of carbonyl (C=O) groups excluding carboxylic acids is 1. The fourth-order valence-electron chi connectivity index (χ4n) is 1.37. The monoisotopic (exact) mass is 268 g/mol. The number of nitro groups is 2. The van der Waals surface area contributed by atoms with E-state index in [1.807, 2.05) is 0 Å². The Morgan fingerprint density at radius 2 is 1.53 bits per heavy atom. The van der Waals surface area contributed by atoms with Crippen LogP contribution in [0.3, 0.4) is 0 Å². The van der Waals surface area contributed by atoms with Crippen LogP contribution in [0.1, 0.15) is 31.1 Å². The summed E-state index contributed by atoms with van der Waals surface area (Å²) in [7, 11) is 0. The first-order chi connectivity index (χ1) is 8.63. The maximum atomic E-state index is 11.9. The summed E-state index contributed by atoms with van der Waals surface area (Å²) in [5, 5.41) is 21.7. The first-order valence-electron chi connectivity index (χ1n) is 5.28. The Hall–Kier alpha value is -2.51. The second-order valence-corrected chi connectivity index (χ2v) is 4.69. The SMILES string of the molecule is CC(C)(C)OC(=O)c1c([N+](=O)[O-])cccc1[N+](=O)[O-]. The van der Waals surface area contributed by atoms with E-state index in [0.717, 1.165) is 18.2 Å². The highest BCUT2D eigenvalue weighted by Gasteiger charge is 2.33. The van der Waals surface area contributed by atoms with Crippen LogP contribution in [-0.2, 0) is 4.74 Å². The van der Waals surface area contributed by atoms with E-state index in [2.05, 4.69) is 0 Å². The highest BCUT2D eigenvalue weighted by molar-refractivity contribution is 5.98. The predicted octanol–water partition coefficient (Wildman–Crippen LogP) is 2.46. The average Bonchev–Trinajstić information content (AvgIpc) is 2.25. The van der Waals surface area contributed by atoms with Gasteiger partial charge in [0.05, 0.1) is 9.85 Å². The van der Waals surface area contributed by atoms with Gasteiger partial charge in [-0.15, -0.1) is 0 Å². The van der Waals surface area contributed by atoms with Crippen LogP contribution < -0.4 is 0 Å². The van der Waals surface area contributed by atoms with Gasteiger partial charge < -0.3 is 4.74 Å². The molecule has 0 saturated carbocycles. The van der Waals surface area contributed by atoms with E-state index in [1.54, 1.807) is 20.8 Å². The second-order valence-electron chi connectivity index (χ2n) is 4.69. The molecule has 8 nitrogen and oxygen atoms in total. The topological polar surface area (TPSA) is 113 Å². The van der Waals surface area contributed by atoms with Crippen LogP contribution in [0.15, 0.2) is 18.2 Å². The van der Waals surface area contributed by atoms with Crippen molar-refractivity contribution >= 4 is 17.3 Å². The number of nitro benzene ring substituents is 2. The number of hydrogen-bond donors (Lipinski definition) is 0.